The van der Waals surface area contributed by atoms with E-state index in [0.717, 1.165) is 19.1 Å². The summed E-state index contributed by atoms with van der Waals surface area (Å²) in [6.45, 7) is 8.50. The summed E-state index contributed by atoms with van der Waals surface area (Å²) in [5, 5.41) is 0. The summed E-state index contributed by atoms with van der Waals surface area (Å²) in [6, 6.07) is 0. The van der Waals surface area contributed by atoms with Crippen molar-refractivity contribution in [2.24, 2.45) is 5.92 Å². The van der Waals surface area contributed by atoms with Gasteiger partial charge in [-0.05, 0) is 18.8 Å². The van der Waals surface area contributed by atoms with Crippen molar-refractivity contribution in [3.8, 4) is 0 Å². The highest BCUT2D eigenvalue weighted by Gasteiger charge is 2.06. The van der Waals surface area contributed by atoms with E-state index in [1.165, 1.54) is 19.3 Å². The van der Waals surface area contributed by atoms with E-state index in [1.54, 1.807) is 0 Å². The lowest BCUT2D eigenvalue weighted by Crippen LogP contribution is -2.12. The van der Waals surface area contributed by atoms with Crippen LogP contribution in [-0.2, 0) is 4.74 Å². The Labute approximate surface area is 64.8 Å². The molecule has 1 saturated heterocycles. The molecule has 0 aromatic heterocycles. The molecule has 1 rings (SSSR count). The normalized spacial score (nSPS) is 19.5. The van der Waals surface area contributed by atoms with E-state index in [-0.39, 0.29) is 0 Å². The van der Waals surface area contributed by atoms with Gasteiger partial charge in [0.2, 0.25) is 0 Å². The first-order valence-electron chi connectivity index (χ1n) is 4.39. The van der Waals surface area contributed by atoms with E-state index in [9.17, 15) is 0 Å². The van der Waals surface area contributed by atoms with Gasteiger partial charge < -0.3 is 4.74 Å². The van der Waals surface area contributed by atoms with Crippen LogP contribution in [0.4, 0.5) is 0 Å². The Morgan fingerprint density at radius 1 is 1.20 bits per heavy atom. The van der Waals surface area contributed by atoms with Crippen molar-refractivity contribution in [1.29, 1.82) is 0 Å². The quantitative estimate of drug-likeness (QED) is 0.508. The van der Waals surface area contributed by atoms with Crippen LogP contribution in [0.15, 0.2) is 0 Å². The zero-order chi connectivity index (χ0) is 7.82. The molecule has 0 atom stereocenters. The molecular formula is C9H20O. The van der Waals surface area contributed by atoms with Gasteiger partial charge in [-0.1, -0.05) is 27.2 Å². The van der Waals surface area contributed by atoms with Crippen molar-refractivity contribution in [2.45, 2.75) is 40.0 Å². The van der Waals surface area contributed by atoms with E-state index >= 15 is 0 Å². The molecule has 0 saturated carbocycles. The van der Waals surface area contributed by atoms with Crippen molar-refractivity contribution in [1.82, 2.24) is 0 Å². The Hall–Kier alpha value is -0.0400. The van der Waals surface area contributed by atoms with Gasteiger partial charge in [-0.3, -0.25) is 0 Å². The Morgan fingerprint density at radius 3 is 1.80 bits per heavy atom. The van der Waals surface area contributed by atoms with Crippen LogP contribution in [-0.4, -0.2) is 13.2 Å². The smallest absolute Gasteiger partial charge is 0.0468 e. The molecule has 1 nitrogen and oxygen atoms in total. The molecule has 0 aromatic carbocycles. The fraction of sp³-hybridized carbons (Fsp3) is 1.00. The van der Waals surface area contributed by atoms with Crippen molar-refractivity contribution in [2.75, 3.05) is 13.2 Å². The van der Waals surface area contributed by atoms with Crippen LogP contribution in [0.25, 0.3) is 0 Å². The SMILES string of the molecule is CC1CCOCC1.CCC. The van der Waals surface area contributed by atoms with Gasteiger partial charge in [0.05, 0.1) is 0 Å². The second kappa shape index (κ2) is 7.07. The van der Waals surface area contributed by atoms with Gasteiger partial charge in [0.25, 0.3) is 0 Å². The zero-order valence-electron chi connectivity index (χ0n) is 7.52. The Morgan fingerprint density at radius 2 is 1.60 bits per heavy atom. The third-order valence-electron chi connectivity index (χ3n) is 1.51. The third-order valence-corrected chi connectivity index (χ3v) is 1.51. The van der Waals surface area contributed by atoms with Gasteiger partial charge in [-0.25, -0.2) is 0 Å². The maximum Gasteiger partial charge on any atom is 0.0468 e. The average Bonchev–Trinajstić information content (AvgIpc) is 1.91. The molecule has 0 unspecified atom stereocenters. The van der Waals surface area contributed by atoms with Crippen LogP contribution in [0.1, 0.15) is 40.0 Å². The topological polar surface area (TPSA) is 9.23 Å². The monoisotopic (exact) mass is 144 g/mol. The Kier molecular flexibility index (Phi) is 7.04. The molecule has 0 bridgehead atoms. The molecule has 1 heteroatoms. The van der Waals surface area contributed by atoms with Crippen LogP contribution in [0.2, 0.25) is 0 Å². The molecule has 10 heavy (non-hydrogen) atoms. The zero-order valence-corrected chi connectivity index (χ0v) is 7.52. The highest BCUT2D eigenvalue weighted by Crippen LogP contribution is 2.11. The molecule has 0 amide bonds. The van der Waals surface area contributed by atoms with E-state index in [1.807, 2.05) is 0 Å². The maximum absolute atomic E-state index is 5.14. The Bertz CT molecular complexity index is 55.7. The van der Waals surface area contributed by atoms with Gasteiger partial charge >= 0.3 is 0 Å². The number of hydrogen-bond acceptors (Lipinski definition) is 1. The minimum atomic E-state index is 0.911. The van der Waals surface area contributed by atoms with Crippen LogP contribution >= 0.6 is 0 Å². The molecule has 0 radical (unpaired) electrons. The van der Waals surface area contributed by atoms with Crippen molar-refractivity contribution < 1.29 is 4.74 Å². The van der Waals surface area contributed by atoms with Crippen molar-refractivity contribution in [3.05, 3.63) is 0 Å². The summed E-state index contributed by atoms with van der Waals surface area (Å²) in [7, 11) is 0. The standard InChI is InChI=1S/C6H12O.C3H8/c1-6-2-4-7-5-3-6;1-3-2/h6H,2-5H2,1H3;3H2,1-2H3. The lowest BCUT2D eigenvalue weighted by Gasteiger charge is -2.16. The third kappa shape index (κ3) is 6.09. The summed E-state index contributed by atoms with van der Waals surface area (Å²) < 4.78 is 5.14. The number of hydrogen-bond donors (Lipinski definition) is 0. The summed E-state index contributed by atoms with van der Waals surface area (Å²) in [5.74, 6) is 0.911. The predicted octanol–water partition coefficient (Wildman–Crippen LogP) is 2.85. The van der Waals surface area contributed by atoms with Gasteiger partial charge in [0, 0.05) is 13.2 Å². The lowest BCUT2D eigenvalue weighted by molar-refractivity contribution is 0.0716. The van der Waals surface area contributed by atoms with E-state index < -0.39 is 0 Å². The van der Waals surface area contributed by atoms with Crippen LogP contribution < -0.4 is 0 Å². The fourth-order valence-corrected chi connectivity index (χ4v) is 0.815. The molecular weight excluding hydrogens is 124 g/mol. The van der Waals surface area contributed by atoms with E-state index in [4.69, 9.17) is 4.74 Å². The van der Waals surface area contributed by atoms with Crippen LogP contribution in [0, 0.1) is 5.92 Å². The molecule has 0 spiro atoms. The molecule has 0 N–H and O–H groups in total. The summed E-state index contributed by atoms with van der Waals surface area (Å²) in [6.07, 6.45) is 3.78. The van der Waals surface area contributed by atoms with Gasteiger partial charge in [-0.2, -0.15) is 0 Å². The second-order valence-corrected chi connectivity index (χ2v) is 3.00. The van der Waals surface area contributed by atoms with E-state index in [0.29, 0.717) is 0 Å². The predicted molar refractivity (Wildman–Crippen MR) is 45.2 cm³/mol. The first-order chi connectivity index (χ1) is 4.81. The average molecular weight is 144 g/mol. The molecule has 1 fully saturated rings. The Balaban J connectivity index is 0.000000236. The highest BCUT2D eigenvalue weighted by molar-refractivity contribution is 4.55. The molecule has 1 heterocycles. The highest BCUT2D eigenvalue weighted by atomic mass is 16.5. The lowest BCUT2D eigenvalue weighted by atomic mass is 10.0. The minimum Gasteiger partial charge on any atom is -0.381 e. The van der Waals surface area contributed by atoms with Gasteiger partial charge in [0.15, 0.2) is 0 Å². The first kappa shape index (κ1) is 9.96. The molecule has 62 valence electrons. The number of rotatable bonds is 0. The summed E-state index contributed by atoms with van der Waals surface area (Å²) >= 11 is 0. The van der Waals surface area contributed by atoms with E-state index in [2.05, 4.69) is 20.8 Å². The van der Waals surface area contributed by atoms with Gasteiger partial charge in [0.1, 0.15) is 0 Å². The molecule has 1 aliphatic rings. The summed E-state index contributed by atoms with van der Waals surface area (Å²) in [4.78, 5) is 0. The minimum absolute atomic E-state index is 0.911. The van der Waals surface area contributed by atoms with Crippen molar-refractivity contribution >= 4 is 0 Å². The summed E-state index contributed by atoms with van der Waals surface area (Å²) in [5.41, 5.74) is 0. The molecule has 1 aliphatic heterocycles. The maximum atomic E-state index is 5.14. The van der Waals surface area contributed by atoms with Crippen LogP contribution in [0.5, 0.6) is 0 Å². The molecule has 0 aromatic rings. The van der Waals surface area contributed by atoms with Gasteiger partial charge in [-0.15, -0.1) is 0 Å². The van der Waals surface area contributed by atoms with Crippen molar-refractivity contribution in [3.63, 3.8) is 0 Å². The number of ether oxygens (including phenoxy) is 1. The van der Waals surface area contributed by atoms with Crippen LogP contribution in [0.3, 0.4) is 0 Å². The fourth-order valence-electron chi connectivity index (χ4n) is 0.815. The largest absolute Gasteiger partial charge is 0.381 e. The molecule has 0 aliphatic carbocycles. The second-order valence-electron chi connectivity index (χ2n) is 3.00. The first-order valence-corrected chi connectivity index (χ1v) is 4.39.